The first-order chi connectivity index (χ1) is 13.6. The van der Waals surface area contributed by atoms with E-state index >= 15 is 0 Å². The highest BCUT2D eigenvalue weighted by Crippen LogP contribution is 2.48. The first kappa shape index (κ1) is 18.2. The summed E-state index contributed by atoms with van der Waals surface area (Å²) < 4.78 is 24.4. The van der Waals surface area contributed by atoms with Crippen molar-refractivity contribution in [2.45, 2.75) is 24.7 Å². The Labute approximate surface area is 162 Å². The van der Waals surface area contributed by atoms with E-state index in [1.165, 1.54) is 6.07 Å². The van der Waals surface area contributed by atoms with E-state index in [4.69, 9.17) is 9.26 Å². The van der Waals surface area contributed by atoms with Gasteiger partial charge in [-0.3, -0.25) is 4.79 Å². The molecule has 1 aliphatic carbocycles. The van der Waals surface area contributed by atoms with Crippen LogP contribution in [0.15, 0.2) is 59.1 Å². The Kier molecular flexibility index (Phi) is 4.86. The zero-order valence-electron chi connectivity index (χ0n) is 15.6. The summed E-state index contributed by atoms with van der Waals surface area (Å²) in [4.78, 5) is 12.7. The van der Waals surface area contributed by atoms with Gasteiger partial charge in [-0.1, -0.05) is 29.4 Å². The van der Waals surface area contributed by atoms with Gasteiger partial charge in [0, 0.05) is 12.6 Å². The van der Waals surface area contributed by atoms with E-state index in [0.717, 1.165) is 17.7 Å². The van der Waals surface area contributed by atoms with Gasteiger partial charge < -0.3 is 14.6 Å². The molecule has 28 heavy (non-hydrogen) atoms. The van der Waals surface area contributed by atoms with Crippen molar-refractivity contribution in [3.63, 3.8) is 0 Å². The molecule has 0 atom stereocenters. The molecule has 1 saturated carbocycles. The van der Waals surface area contributed by atoms with Crippen LogP contribution in [0.25, 0.3) is 11.3 Å². The lowest BCUT2D eigenvalue weighted by Crippen LogP contribution is -2.36. The average molecular weight is 380 g/mol. The number of ether oxygens (including phenoxy) is 1. The third-order valence-corrected chi connectivity index (χ3v) is 5.18. The van der Waals surface area contributed by atoms with Gasteiger partial charge in [-0.05, 0) is 49.1 Å². The molecule has 4 rings (SSSR count). The number of hydrogen-bond acceptors (Lipinski definition) is 4. The molecule has 0 radical (unpaired) electrons. The summed E-state index contributed by atoms with van der Waals surface area (Å²) in [6.07, 6.45) is 2.15. The maximum atomic E-state index is 14.0. The normalized spacial score (nSPS) is 14.5. The molecule has 144 valence electrons. The van der Waals surface area contributed by atoms with Crippen LogP contribution in [0.2, 0.25) is 0 Å². The van der Waals surface area contributed by atoms with Crippen LogP contribution < -0.4 is 10.1 Å². The SMILES string of the molecule is COc1ccc(CCNC(=O)C2(c3cc(-c4ccccc4F)on3)CC2)cc1. The highest BCUT2D eigenvalue weighted by molar-refractivity contribution is 5.91. The Hall–Kier alpha value is -3.15. The number of aromatic nitrogens is 1. The summed E-state index contributed by atoms with van der Waals surface area (Å²) in [6.45, 7) is 0.533. The number of hydrogen-bond donors (Lipinski definition) is 1. The molecule has 2 aromatic carbocycles. The average Bonchev–Trinajstić information content (AvgIpc) is 3.39. The molecule has 0 saturated heterocycles. The van der Waals surface area contributed by atoms with Gasteiger partial charge in [0.2, 0.25) is 5.91 Å². The van der Waals surface area contributed by atoms with Gasteiger partial charge in [0.15, 0.2) is 5.76 Å². The third kappa shape index (κ3) is 3.50. The van der Waals surface area contributed by atoms with Crippen molar-refractivity contribution in [1.82, 2.24) is 10.5 Å². The summed E-state index contributed by atoms with van der Waals surface area (Å²) in [6, 6.07) is 15.8. The summed E-state index contributed by atoms with van der Waals surface area (Å²) >= 11 is 0. The number of methoxy groups -OCH3 is 1. The fourth-order valence-electron chi connectivity index (χ4n) is 3.29. The van der Waals surface area contributed by atoms with Crippen LogP contribution in [0.1, 0.15) is 24.1 Å². The van der Waals surface area contributed by atoms with Crippen LogP contribution >= 0.6 is 0 Å². The molecule has 0 spiro atoms. The predicted molar refractivity (Wildman–Crippen MR) is 103 cm³/mol. The number of carbonyl (C=O) groups excluding carboxylic acids is 1. The van der Waals surface area contributed by atoms with Crippen molar-refractivity contribution in [3.05, 3.63) is 71.7 Å². The standard InChI is InChI=1S/C22H21FN2O3/c1-27-16-8-6-15(7-9-16)10-13-24-21(26)22(11-12-22)20-14-19(28-25-20)17-4-2-3-5-18(17)23/h2-9,14H,10-13H2,1H3,(H,24,26). The van der Waals surface area contributed by atoms with Gasteiger partial charge in [0.25, 0.3) is 0 Å². The summed E-state index contributed by atoms with van der Waals surface area (Å²) in [5.41, 5.74) is 1.37. The molecule has 3 aromatic rings. The molecule has 1 N–H and O–H groups in total. The van der Waals surface area contributed by atoms with Gasteiger partial charge in [0.05, 0.1) is 23.8 Å². The van der Waals surface area contributed by atoms with E-state index in [0.29, 0.717) is 36.4 Å². The van der Waals surface area contributed by atoms with Crippen molar-refractivity contribution in [2.24, 2.45) is 0 Å². The molecule has 1 aromatic heterocycles. The second-order valence-corrected chi connectivity index (χ2v) is 6.99. The number of rotatable bonds is 7. The topological polar surface area (TPSA) is 64.4 Å². The minimum atomic E-state index is -0.660. The van der Waals surface area contributed by atoms with Gasteiger partial charge in [0.1, 0.15) is 11.6 Å². The molecule has 0 aliphatic heterocycles. The molecule has 1 fully saturated rings. The van der Waals surface area contributed by atoms with Crippen molar-refractivity contribution in [3.8, 4) is 17.1 Å². The van der Waals surface area contributed by atoms with Crippen molar-refractivity contribution < 1.29 is 18.4 Å². The predicted octanol–water partition coefficient (Wildman–Crippen LogP) is 3.88. The zero-order chi connectivity index (χ0) is 19.6. The molecule has 0 bridgehead atoms. The Morgan fingerprint density at radius 3 is 2.64 bits per heavy atom. The van der Waals surface area contributed by atoms with Gasteiger partial charge in [-0.15, -0.1) is 0 Å². The fraction of sp³-hybridized carbons (Fsp3) is 0.273. The van der Waals surface area contributed by atoms with Crippen molar-refractivity contribution >= 4 is 5.91 Å². The van der Waals surface area contributed by atoms with E-state index in [1.54, 1.807) is 31.4 Å². The second-order valence-electron chi connectivity index (χ2n) is 6.99. The molecule has 1 heterocycles. The largest absolute Gasteiger partial charge is 0.497 e. The van der Waals surface area contributed by atoms with Crippen LogP contribution in [-0.4, -0.2) is 24.7 Å². The number of nitrogens with zero attached hydrogens (tertiary/aromatic N) is 1. The van der Waals surface area contributed by atoms with E-state index in [9.17, 15) is 9.18 Å². The van der Waals surface area contributed by atoms with Gasteiger partial charge in [-0.2, -0.15) is 0 Å². The molecule has 6 heteroatoms. The smallest absolute Gasteiger partial charge is 0.232 e. The third-order valence-electron chi connectivity index (χ3n) is 5.18. The van der Waals surface area contributed by atoms with E-state index in [2.05, 4.69) is 10.5 Å². The van der Waals surface area contributed by atoms with Gasteiger partial charge >= 0.3 is 0 Å². The minimum absolute atomic E-state index is 0.0607. The van der Waals surface area contributed by atoms with Crippen molar-refractivity contribution in [2.75, 3.05) is 13.7 Å². The number of carbonyl (C=O) groups is 1. The second kappa shape index (κ2) is 7.46. The quantitative estimate of drug-likeness (QED) is 0.676. The molecular formula is C22H21FN2O3. The molecule has 1 aliphatic rings. The number of halogens is 1. The first-order valence-electron chi connectivity index (χ1n) is 9.26. The Morgan fingerprint density at radius 2 is 1.96 bits per heavy atom. The van der Waals surface area contributed by atoms with Crippen molar-refractivity contribution in [1.29, 1.82) is 0 Å². The lowest BCUT2D eigenvalue weighted by Gasteiger charge is -2.12. The first-order valence-corrected chi connectivity index (χ1v) is 9.26. The summed E-state index contributed by atoms with van der Waals surface area (Å²) in [5.74, 6) is 0.709. The van der Waals surface area contributed by atoms with E-state index in [-0.39, 0.29) is 11.7 Å². The van der Waals surface area contributed by atoms with E-state index < -0.39 is 5.41 Å². The lowest BCUT2D eigenvalue weighted by atomic mass is 10.00. The molecular weight excluding hydrogens is 359 g/mol. The van der Waals surface area contributed by atoms with Crippen LogP contribution in [0, 0.1) is 5.82 Å². The highest BCUT2D eigenvalue weighted by Gasteiger charge is 2.53. The fourth-order valence-corrected chi connectivity index (χ4v) is 3.29. The minimum Gasteiger partial charge on any atom is -0.497 e. The molecule has 0 unspecified atom stereocenters. The highest BCUT2D eigenvalue weighted by atomic mass is 19.1. The van der Waals surface area contributed by atoms with Crippen LogP contribution in [0.5, 0.6) is 5.75 Å². The van der Waals surface area contributed by atoms with Crippen LogP contribution in [0.4, 0.5) is 4.39 Å². The number of benzene rings is 2. The monoisotopic (exact) mass is 380 g/mol. The van der Waals surface area contributed by atoms with Crippen LogP contribution in [0.3, 0.4) is 0 Å². The maximum absolute atomic E-state index is 14.0. The Balaban J connectivity index is 1.40. The lowest BCUT2D eigenvalue weighted by molar-refractivity contribution is -0.123. The maximum Gasteiger partial charge on any atom is 0.232 e. The Morgan fingerprint density at radius 1 is 1.21 bits per heavy atom. The van der Waals surface area contributed by atoms with Crippen LogP contribution in [-0.2, 0) is 16.6 Å². The number of amides is 1. The molecule has 5 nitrogen and oxygen atoms in total. The summed E-state index contributed by atoms with van der Waals surface area (Å²) in [5, 5.41) is 7.05. The van der Waals surface area contributed by atoms with Gasteiger partial charge in [-0.25, -0.2) is 4.39 Å². The summed E-state index contributed by atoms with van der Waals surface area (Å²) in [7, 11) is 1.63. The Bertz CT molecular complexity index is 977. The molecule has 1 amide bonds. The number of nitrogens with one attached hydrogen (secondary N) is 1. The van der Waals surface area contributed by atoms with E-state index in [1.807, 2.05) is 24.3 Å². The zero-order valence-corrected chi connectivity index (χ0v) is 15.6.